The summed E-state index contributed by atoms with van der Waals surface area (Å²) < 4.78 is 2.79. The quantitative estimate of drug-likeness (QED) is 0.315. The van der Waals surface area contributed by atoms with Crippen LogP contribution in [-0.4, -0.2) is 20.4 Å². The van der Waals surface area contributed by atoms with Crippen LogP contribution in [0.3, 0.4) is 0 Å². The van der Waals surface area contributed by atoms with Crippen molar-refractivity contribution in [3.63, 3.8) is 0 Å². The van der Waals surface area contributed by atoms with Crippen LogP contribution in [-0.2, 0) is 7.05 Å². The molecule has 7 heteroatoms. The SMILES string of the molecule is Cn1c(NC(=O)c2cc(-c3cccc(Br)c3)nc3c(Cl)cccc23)nc2ccccc21. The smallest absolute Gasteiger partial charge is 0.258 e. The van der Waals surface area contributed by atoms with Crippen LogP contribution < -0.4 is 5.32 Å². The summed E-state index contributed by atoms with van der Waals surface area (Å²) in [7, 11) is 1.87. The van der Waals surface area contributed by atoms with Gasteiger partial charge in [-0.2, -0.15) is 0 Å². The Labute approximate surface area is 191 Å². The van der Waals surface area contributed by atoms with E-state index in [1.165, 1.54) is 0 Å². The summed E-state index contributed by atoms with van der Waals surface area (Å²) in [5, 5.41) is 4.13. The lowest BCUT2D eigenvalue weighted by atomic mass is 10.0. The zero-order valence-electron chi connectivity index (χ0n) is 16.4. The summed E-state index contributed by atoms with van der Waals surface area (Å²) in [4.78, 5) is 22.7. The third kappa shape index (κ3) is 3.58. The maximum Gasteiger partial charge on any atom is 0.258 e. The van der Waals surface area contributed by atoms with Crippen LogP contribution in [0.4, 0.5) is 5.95 Å². The molecule has 152 valence electrons. The molecule has 0 aliphatic carbocycles. The Morgan fingerprint density at radius 1 is 1.00 bits per heavy atom. The Morgan fingerprint density at radius 2 is 1.81 bits per heavy atom. The van der Waals surface area contributed by atoms with Crippen molar-refractivity contribution < 1.29 is 4.79 Å². The number of hydrogen-bond donors (Lipinski definition) is 1. The van der Waals surface area contributed by atoms with Crippen molar-refractivity contribution in [2.75, 3.05) is 5.32 Å². The lowest BCUT2D eigenvalue weighted by molar-refractivity contribution is 0.102. The number of nitrogens with one attached hydrogen (secondary N) is 1. The molecule has 0 saturated carbocycles. The van der Waals surface area contributed by atoms with Crippen LogP contribution in [0.25, 0.3) is 33.2 Å². The number of para-hydroxylation sites is 3. The molecule has 0 atom stereocenters. The number of nitrogens with zero attached hydrogens (tertiary/aromatic N) is 3. The molecule has 0 radical (unpaired) electrons. The van der Waals surface area contributed by atoms with Crippen molar-refractivity contribution >= 4 is 61.3 Å². The fourth-order valence-corrected chi connectivity index (χ4v) is 4.24. The number of rotatable bonds is 3. The summed E-state index contributed by atoms with van der Waals surface area (Å²) in [6.07, 6.45) is 0. The summed E-state index contributed by atoms with van der Waals surface area (Å²) in [6.45, 7) is 0. The van der Waals surface area contributed by atoms with Gasteiger partial charge < -0.3 is 4.57 Å². The highest BCUT2D eigenvalue weighted by molar-refractivity contribution is 9.10. The van der Waals surface area contributed by atoms with Gasteiger partial charge in [-0.05, 0) is 36.4 Å². The number of amides is 1. The van der Waals surface area contributed by atoms with Crippen molar-refractivity contribution in [2.45, 2.75) is 0 Å². The van der Waals surface area contributed by atoms with Crippen molar-refractivity contribution in [2.24, 2.45) is 7.05 Å². The lowest BCUT2D eigenvalue weighted by Gasteiger charge is -2.11. The van der Waals surface area contributed by atoms with Gasteiger partial charge in [-0.1, -0.05) is 63.9 Å². The van der Waals surface area contributed by atoms with E-state index in [2.05, 4.69) is 26.2 Å². The fraction of sp³-hybridized carbons (Fsp3) is 0.0417. The molecule has 2 heterocycles. The second-order valence-electron chi connectivity index (χ2n) is 7.14. The Morgan fingerprint density at radius 3 is 2.61 bits per heavy atom. The molecule has 0 unspecified atom stereocenters. The first-order valence-corrected chi connectivity index (χ1v) is 10.8. The third-order valence-corrected chi connectivity index (χ3v) is 5.97. The van der Waals surface area contributed by atoms with E-state index >= 15 is 0 Å². The van der Waals surface area contributed by atoms with Crippen LogP contribution in [0.1, 0.15) is 10.4 Å². The van der Waals surface area contributed by atoms with E-state index in [0.29, 0.717) is 33.1 Å². The van der Waals surface area contributed by atoms with Gasteiger partial charge in [-0.15, -0.1) is 0 Å². The Hall–Kier alpha value is -3.22. The highest BCUT2D eigenvalue weighted by Crippen LogP contribution is 2.30. The molecule has 0 saturated heterocycles. The largest absolute Gasteiger partial charge is 0.313 e. The first-order valence-electron chi connectivity index (χ1n) is 9.59. The molecular weight excluding hydrogens is 476 g/mol. The minimum atomic E-state index is -0.274. The molecule has 0 bridgehead atoms. The standard InChI is InChI=1S/C24H16BrClN4O/c1-30-21-11-3-2-10-19(21)28-24(30)29-23(31)17-13-20(14-6-4-7-15(25)12-14)27-22-16(17)8-5-9-18(22)26/h2-13H,1H3,(H,28,29,31). The second-order valence-corrected chi connectivity index (χ2v) is 8.46. The van der Waals surface area contributed by atoms with Crippen molar-refractivity contribution in [3.05, 3.63) is 87.9 Å². The van der Waals surface area contributed by atoms with Crippen LogP contribution in [0.5, 0.6) is 0 Å². The number of carbonyl (C=O) groups excluding carboxylic acids is 1. The fourth-order valence-electron chi connectivity index (χ4n) is 3.62. The van der Waals surface area contributed by atoms with Crippen molar-refractivity contribution in [1.29, 1.82) is 0 Å². The molecular formula is C24H16BrClN4O. The summed E-state index contributed by atoms with van der Waals surface area (Å²) in [5.74, 6) is 0.200. The normalized spacial score (nSPS) is 11.2. The zero-order valence-corrected chi connectivity index (χ0v) is 18.8. The number of aromatic nitrogens is 3. The van der Waals surface area contributed by atoms with Gasteiger partial charge >= 0.3 is 0 Å². The number of pyridine rings is 1. The molecule has 5 rings (SSSR count). The van der Waals surface area contributed by atoms with E-state index in [4.69, 9.17) is 16.6 Å². The van der Waals surface area contributed by atoms with Gasteiger partial charge in [0, 0.05) is 22.5 Å². The van der Waals surface area contributed by atoms with Gasteiger partial charge in [0.25, 0.3) is 5.91 Å². The first kappa shape index (κ1) is 19.7. The average molecular weight is 492 g/mol. The van der Waals surface area contributed by atoms with Crippen molar-refractivity contribution in [1.82, 2.24) is 14.5 Å². The first-order chi connectivity index (χ1) is 15.0. The number of imidazole rings is 1. The van der Waals surface area contributed by atoms with Gasteiger partial charge in [0.05, 0.1) is 32.8 Å². The molecule has 1 N–H and O–H groups in total. The summed E-state index contributed by atoms with van der Waals surface area (Å²) >= 11 is 9.94. The van der Waals surface area contributed by atoms with Crippen LogP contribution in [0.2, 0.25) is 5.02 Å². The topological polar surface area (TPSA) is 59.8 Å². The summed E-state index contributed by atoms with van der Waals surface area (Å²) in [5.41, 5.74) is 4.37. The van der Waals surface area contributed by atoms with E-state index < -0.39 is 0 Å². The highest BCUT2D eigenvalue weighted by atomic mass is 79.9. The Kier molecular flexibility index (Phi) is 4.96. The van der Waals surface area contributed by atoms with Gasteiger partial charge in [0.2, 0.25) is 5.95 Å². The monoisotopic (exact) mass is 490 g/mol. The molecule has 0 aliphatic heterocycles. The third-order valence-electron chi connectivity index (χ3n) is 5.17. The number of benzene rings is 3. The minimum Gasteiger partial charge on any atom is -0.313 e. The van der Waals surface area contributed by atoms with Crippen LogP contribution >= 0.6 is 27.5 Å². The van der Waals surface area contributed by atoms with Gasteiger partial charge in [-0.25, -0.2) is 9.97 Å². The molecule has 31 heavy (non-hydrogen) atoms. The number of halogens is 2. The predicted molar refractivity (Wildman–Crippen MR) is 129 cm³/mol. The number of carbonyl (C=O) groups is 1. The van der Waals surface area contributed by atoms with Crippen LogP contribution in [0, 0.1) is 0 Å². The second kappa shape index (κ2) is 7.80. The summed E-state index contributed by atoms with van der Waals surface area (Å²) in [6, 6.07) is 22.7. The van der Waals surface area contributed by atoms with Crippen LogP contribution in [0.15, 0.2) is 77.3 Å². The number of hydrogen-bond acceptors (Lipinski definition) is 3. The van der Waals surface area contributed by atoms with Crippen molar-refractivity contribution in [3.8, 4) is 11.3 Å². The number of anilines is 1. The van der Waals surface area contributed by atoms with E-state index in [1.807, 2.05) is 72.3 Å². The van der Waals surface area contributed by atoms with E-state index in [0.717, 1.165) is 21.1 Å². The molecule has 3 aromatic carbocycles. The molecule has 5 nitrogen and oxygen atoms in total. The van der Waals surface area contributed by atoms with E-state index in [-0.39, 0.29) is 5.91 Å². The van der Waals surface area contributed by atoms with Gasteiger partial charge in [0.15, 0.2) is 0 Å². The Bertz CT molecular complexity index is 1480. The zero-order chi connectivity index (χ0) is 21.5. The lowest BCUT2D eigenvalue weighted by Crippen LogP contribution is -2.16. The molecule has 5 aromatic rings. The predicted octanol–water partition coefficient (Wildman–Crippen LogP) is 6.46. The van der Waals surface area contributed by atoms with E-state index in [9.17, 15) is 4.79 Å². The van der Waals surface area contributed by atoms with E-state index in [1.54, 1.807) is 12.1 Å². The average Bonchev–Trinajstić information content (AvgIpc) is 3.09. The number of fused-ring (bicyclic) bond motifs is 2. The number of aryl methyl sites for hydroxylation is 1. The highest BCUT2D eigenvalue weighted by Gasteiger charge is 2.18. The Balaban J connectivity index is 1.64. The van der Waals surface area contributed by atoms with Gasteiger partial charge in [0.1, 0.15) is 0 Å². The van der Waals surface area contributed by atoms with Gasteiger partial charge in [-0.3, -0.25) is 10.1 Å². The molecule has 1 amide bonds. The molecule has 0 fully saturated rings. The molecule has 0 spiro atoms. The maximum absolute atomic E-state index is 13.4. The minimum absolute atomic E-state index is 0.274. The maximum atomic E-state index is 13.4. The molecule has 0 aliphatic rings. The molecule has 2 aromatic heterocycles.